The Morgan fingerprint density at radius 1 is 1.09 bits per heavy atom. The normalized spacial score (nSPS) is 13.1. The first kappa shape index (κ1) is 24.3. The number of ether oxygens (including phenoxy) is 1. The van der Waals surface area contributed by atoms with Crippen molar-refractivity contribution < 1.29 is 22.7 Å². The third kappa shape index (κ3) is 5.11. The minimum atomic E-state index is -4.04. The lowest BCUT2D eigenvalue weighted by atomic mass is 9.95. The Morgan fingerprint density at radius 2 is 1.82 bits per heavy atom. The lowest BCUT2D eigenvalue weighted by Gasteiger charge is -2.13. The average Bonchev–Trinajstić information content (AvgIpc) is 3.17. The maximum Gasteiger partial charge on any atom is 0.341 e. The molecule has 34 heavy (non-hydrogen) atoms. The third-order valence-corrected chi connectivity index (χ3v) is 8.46. The first-order valence-corrected chi connectivity index (χ1v) is 13.5. The molecule has 4 rings (SSSR count). The largest absolute Gasteiger partial charge is 0.462 e. The molecule has 7 nitrogen and oxygen atoms in total. The number of para-hydroxylation sites is 1. The highest BCUT2D eigenvalue weighted by atomic mass is 35.5. The van der Waals surface area contributed by atoms with Gasteiger partial charge in [-0.25, -0.2) is 13.2 Å². The van der Waals surface area contributed by atoms with Gasteiger partial charge in [0.05, 0.1) is 17.2 Å². The van der Waals surface area contributed by atoms with Gasteiger partial charge in [0.15, 0.2) is 0 Å². The maximum absolute atomic E-state index is 13.1. The predicted octanol–water partition coefficient (Wildman–Crippen LogP) is 5.51. The van der Waals surface area contributed by atoms with Gasteiger partial charge in [0.2, 0.25) is 0 Å². The molecular formula is C24H23ClN2O5S2. The molecule has 0 saturated heterocycles. The Hall–Kier alpha value is -2.88. The number of thiophene rings is 1. The van der Waals surface area contributed by atoms with Crippen LogP contribution in [0, 0.1) is 0 Å². The third-order valence-electron chi connectivity index (χ3n) is 5.39. The molecule has 0 spiro atoms. The number of esters is 1. The quantitative estimate of drug-likeness (QED) is 0.401. The Morgan fingerprint density at radius 3 is 2.56 bits per heavy atom. The highest BCUT2D eigenvalue weighted by molar-refractivity contribution is 7.92. The number of carbonyl (C=O) groups excluding carboxylic acids is 2. The molecule has 0 aliphatic heterocycles. The van der Waals surface area contributed by atoms with Crippen LogP contribution in [0.4, 0.5) is 10.7 Å². The van der Waals surface area contributed by atoms with Crippen LogP contribution in [-0.2, 0) is 27.6 Å². The van der Waals surface area contributed by atoms with Gasteiger partial charge in [0.1, 0.15) is 9.90 Å². The van der Waals surface area contributed by atoms with Crippen LogP contribution in [0.2, 0.25) is 5.02 Å². The van der Waals surface area contributed by atoms with E-state index in [2.05, 4.69) is 10.0 Å². The fourth-order valence-electron chi connectivity index (χ4n) is 3.82. The molecule has 1 aliphatic rings. The van der Waals surface area contributed by atoms with Gasteiger partial charge in [-0.15, -0.1) is 11.3 Å². The van der Waals surface area contributed by atoms with Crippen molar-refractivity contribution in [1.82, 2.24) is 0 Å². The van der Waals surface area contributed by atoms with Crippen molar-refractivity contribution in [3.05, 3.63) is 75.1 Å². The molecule has 178 valence electrons. The van der Waals surface area contributed by atoms with Crippen LogP contribution in [0.25, 0.3) is 0 Å². The predicted molar refractivity (Wildman–Crippen MR) is 134 cm³/mol. The van der Waals surface area contributed by atoms with Crippen LogP contribution in [0.3, 0.4) is 0 Å². The van der Waals surface area contributed by atoms with Crippen molar-refractivity contribution >= 4 is 55.5 Å². The zero-order chi connectivity index (χ0) is 24.3. The zero-order valence-electron chi connectivity index (χ0n) is 18.4. The molecule has 3 aromatic rings. The number of benzene rings is 2. The number of halogens is 1. The zero-order valence-corrected chi connectivity index (χ0v) is 20.8. The summed E-state index contributed by atoms with van der Waals surface area (Å²) < 4.78 is 33.5. The SMILES string of the molecule is CCOC(=O)c1c(NC(=O)c2ccc(Cl)c(S(=O)(=O)Nc3ccccc3)c2)sc2c1CCCC2. The van der Waals surface area contributed by atoms with Gasteiger partial charge in [-0.05, 0) is 68.5 Å². The van der Waals surface area contributed by atoms with E-state index in [-0.39, 0.29) is 22.1 Å². The molecule has 0 saturated carbocycles. The molecule has 1 heterocycles. The Kier molecular flexibility index (Phi) is 7.25. The van der Waals surface area contributed by atoms with E-state index in [4.69, 9.17) is 16.3 Å². The van der Waals surface area contributed by atoms with E-state index in [1.54, 1.807) is 37.3 Å². The molecule has 10 heteroatoms. The van der Waals surface area contributed by atoms with Crippen LogP contribution in [-0.4, -0.2) is 26.9 Å². The number of anilines is 2. The standard InChI is InChI=1S/C24H23ClN2O5S2/c1-2-32-24(29)21-17-10-6-7-11-19(17)33-23(21)26-22(28)15-12-13-18(25)20(14-15)34(30,31)27-16-8-4-3-5-9-16/h3-5,8-9,12-14,27H,2,6-7,10-11H2,1H3,(H,26,28). The molecule has 0 bridgehead atoms. The fraction of sp³-hybridized carbons (Fsp3) is 0.250. The molecule has 0 atom stereocenters. The van der Waals surface area contributed by atoms with E-state index in [9.17, 15) is 18.0 Å². The molecule has 2 N–H and O–H groups in total. The van der Waals surface area contributed by atoms with E-state index in [0.717, 1.165) is 36.1 Å². The number of sulfonamides is 1. The van der Waals surface area contributed by atoms with Gasteiger partial charge < -0.3 is 10.1 Å². The maximum atomic E-state index is 13.1. The Balaban J connectivity index is 1.64. The van der Waals surface area contributed by atoms with Gasteiger partial charge in [0.25, 0.3) is 15.9 Å². The fourth-order valence-corrected chi connectivity index (χ4v) is 6.67. The second-order valence-corrected chi connectivity index (χ2v) is 10.9. The summed E-state index contributed by atoms with van der Waals surface area (Å²) in [7, 11) is -4.04. The topological polar surface area (TPSA) is 102 Å². The second-order valence-electron chi connectivity index (χ2n) is 7.71. The summed E-state index contributed by atoms with van der Waals surface area (Å²) in [4.78, 5) is 26.6. The number of aryl methyl sites for hydroxylation is 1. The van der Waals surface area contributed by atoms with Crippen LogP contribution < -0.4 is 10.0 Å². The monoisotopic (exact) mass is 518 g/mol. The van der Waals surface area contributed by atoms with Gasteiger partial charge in [-0.3, -0.25) is 9.52 Å². The van der Waals surface area contributed by atoms with Crippen molar-refractivity contribution in [2.45, 2.75) is 37.5 Å². The molecule has 0 fully saturated rings. The average molecular weight is 519 g/mol. The molecule has 0 unspecified atom stereocenters. The highest BCUT2D eigenvalue weighted by Crippen LogP contribution is 2.39. The van der Waals surface area contributed by atoms with Crippen molar-refractivity contribution in [3.8, 4) is 0 Å². The van der Waals surface area contributed by atoms with Crippen LogP contribution in [0.1, 0.15) is 50.9 Å². The number of carbonyl (C=O) groups is 2. The lowest BCUT2D eigenvalue weighted by Crippen LogP contribution is -2.17. The Labute approximate surface area is 207 Å². The Bertz CT molecular complexity index is 1340. The first-order chi connectivity index (χ1) is 16.3. The molecule has 0 radical (unpaired) electrons. The van der Waals surface area contributed by atoms with Gasteiger partial charge in [-0.2, -0.15) is 0 Å². The van der Waals surface area contributed by atoms with Crippen molar-refractivity contribution in [2.24, 2.45) is 0 Å². The lowest BCUT2D eigenvalue weighted by molar-refractivity contribution is 0.0526. The van der Waals surface area contributed by atoms with Crippen LogP contribution >= 0.6 is 22.9 Å². The van der Waals surface area contributed by atoms with Crippen molar-refractivity contribution in [2.75, 3.05) is 16.6 Å². The van der Waals surface area contributed by atoms with Crippen LogP contribution in [0.5, 0.6) is 0 Å². The van der Waals surface area contributed by atoms with E-state index in [1.165, 1.54) is 29.5 Å². The minimum absolute atomic E-state index is 0.0150. The minimum Gasteiger partial charge on any atom is -0.462 e. The van der Waals surface area contributed by atoms with E-state index in [0.29, 0.717) is 16.3 Å². The summed E-state index contributed by atoms with van der Waals surface area (Å²) in [6.45, 7) is 1.96. The van der Waals surface area contributed by atoms with E-state index >= 15 is 0 Å². The number of fused-ring (bicyclic) bond motifs is 1. The van der Waals surface area contributed by atoms with Crippen LogP contribution in [0.15, 0.2) is 53.4 Å². The summed E-state index contributed by atoms with van der Waals surface area (Å²) in [5, 5.41) is 3.19. The molecular weight excluding hydrogens is 496 g/mol. The first-order valence-electron chi connectivity index (χ1n) is 10.8. The molecule has 1 amide bonds. The van der Waals surface area contributed by atoms with Crippen molar-refractivity contribution in [3.63, 3.8) is 0 Å². The summed E-state index contributed by atoms with van der Waals surface area (Å²) in [6.07, 6.45) is 3.59. The van der Waals surface area contributed by atoms with E-state index < -0.39 is 21.9 Å². The number of amides is 1. The van der Waals surface area contributed by atoms with Gasteiger partial charge in [-0.1, -0.05) is 29.8 Å². The summed E-state index contributed by atoms with van der Waals surface area (Å²) in [6, 6.07) is 12.4. The summed E-state index contributed by atoms with van der Waals surface area (Å²) >= 11 is 7.54. The van der Waals surface area contributed by atoms with Gasteiger partial charge in [0, 0.05) is 16.1 Å². The number of nitrogens with one attached hydrogen (secondary N) is 2. The van der Waals surface area contributed by atoms with E-state index in [1.807, 2.05) is 0 Å². The number of hydrogen-bond donors (Lipinski definition) is 2. The number of hydrogen-bond acceptors (Lipinski definition) is 6. The number of rotatable bonds is 7. The molecule has 1 aromatic heterocycles. The summed E-state index contributed by atoms with van der Waals surface area (Å²) in [5.74, 6) is -1.01. The smallest absolute Gasteiger partial charge is 0.341 e. The molecule has 2 aromatic carbocycles. The summed E-state index contributed by atoms with van der Waals surface area (Å²) in [5.41, 5.74) is 1.79. The van der Waals surface area contributed by atoms with Gasteiger partial charge >= 0.3 is 5.97 Å². The highest BCUT2D eigenvalue weighted by Gasteiger charge is 2.28. The molecule has 1 aliphatic carbocycles. The second kappa shape index (κ2) is 10.2. The van der Waals surface area contributed by atoms with Crippen molar-refractivity contribution in [1.29, 1.82) is 0 Å².